The van der Waals surface area contributed by atoms with Crippen molar-refractivity contribution in [3.8, 4) is 0 Å². The molecule has 4 rings (SSSR count). The van der Waals surface area contributed by atoms with Gasteiger partial charge < -0.3 is 5.32 Å². The summed E-state index contributed by atoms with van der Waals surface area (Å²) < 4.78 is 0. The molecule has 5 amide bonds. The van der Waals surface area contributed by atoms with E-state index in [2.05, 4.69) is 5.32 Å². The number of amides is 5. The van der Waals surface area contributed by atoms with Gasteiger partial charge in [0, 0.05) is 0 Å². The van der Waals surface area contributed by atoms with Gasteiger partial charge in [-0.3, -0.25) is 19.3 Å². The zero-order chi connectivity index (χ0) is 22.0. The predicted octanol–water partition coefficient (Wildman–Crippen LogP) is 3.01. The van der Waals surface area contributed by atoms with Crippen LogP contribution in [0.5, 0.6) is 0 Å². The van der Waals surface area contributed by atoms with Crippen LogP contribution in [0.25, 0.3) is 10.8 Å². The van der Waals surface area contributed by atoms with E-state index in [0.29, 0.717) is 10.5 Å². The Bertz CT molecular complexity index is 1170. The highest BCUT2D eigenvalue weighted by molar-refractivity contribution is 6.44. The van der Waals surface area contributed by atoms with Gasteiger partial charge in [-0.15, -0.1) is 0 Å². The molecule has 1 fully saturated rings. The van der Waals surface area contributed by atoms with E-state index in [1.807, 2.05) is 55.5 Å². The zero-order valence-corrected chi connectivity index (χ0v) is 16.9. The highest BCUT2D eigenvalue weighted by Gasteiger charge is 2.45. The number of rotatable bonds is 6. The fourth-order valence-electron chi connectivity index (χ4n) is 3.73. The number of hydrogen-bond donors (Lipinski definition) is 1. The molecule has 1 aliphatic heterocycles. The minimum atomic E-state index is -0.992. The molecule has 1 N–H and O–H groups in total. The molecule has 3 aromatic carbocycles. The van der Waals surface area contributed by atoms with Gasteiger partial charge >= 0.3 is 17.8 Å². The number of benzene rings is 3. The van der Waals surface area contributed by atoms with Gasteiger partial charge in [-0.1, -0.05) is 72.8 Å². The lowest BCUT2D eigenvalue weighted by Gasteiger charge is -2.19. The fraction of sp³-hybridized carbons (Fsp3) is 0.167. The van der Waals surface area contributed by atoms with Crippen molar-refractivity contribution >= 4 is 34.5 Å². The normalized spacial score (nSPS) is 14.9. The summed E-state index contributed by atoms with van der Waals surface area (Å²) in [6.45, 7) is 1.30. The molecule has 0 aromatic heterocycles. The van der Waals surface area contributed by atoms with E-state index in [-0.39, 0.29) is 12.6 Å². The number of nitrogens with zero attached hydrogens (tertiary/aromatic N) is 2. The number of fused-ring (bicyclic) bond motifs is 1. The molecule has 0 radical (unpaired) electrons. The first-order valence-electron chi connectivity index (χ1n) is 9.94. The van der Waals surface area contributed by atoms with Gasteiger partial charge in [0.15, 0.2) is 0 Å². The molecule has 3 aromatic rings. The molecule has 0 unspecified atom stereocenters. The van der Waals surface area contributed by atoms with Crippen molar-refractivity contribution in [3.63, 3.8) is 0 Å². The van der Waals surface area contributed by atoms with E-state index >= 15 is 0 Å². The van der Waals surface area contributed by atoms with Crippen LogP contribution in [0.1, 0.15) is 24.1 Å². The van der Waals surface area contributed by atoms with Crippen molar-refractivity contribution in [1.29, 1.82) is 0 Å². The van der Waals surface area contributed by atoms with Crippen LogP contribution in [-0.2, 0) is 20.9 Å². The predicted molar refractivity (Wildman–Crippen MR) is 115 cm³/mol. The molecule has 7 nitrogen and oxygen atoms in total. The summed E-state index contributed by atoms with van der Waals surface area (Å²) in [4.78, 5) is 51.4. The van der Waals surface area contributed by atoms with Crippen molar-refractivity contribution in [2.45, 2.75) is 19.5 Å². The molecule has 1 aliphatic rings. The zero-order valence-electron chi connectivity index (χ0n) is 16.9. The molecule has 7 heteroatoms. The van der Waals surface area contributed by atoms with Gasteiger partial charge in [0.2, 0.25) is 5.91 Å². The Morgan fingerprint density at radius 2 is 1.48 bits per heavy atom. The average molecular weight is 415 g/mol. The molecular weight excluding hydrogens is 394 g/mol. The van der Waals surface area contributed by atoms with Crippen molar-refractivity contribution in [3.05, 3.63) is 83.9 Å². The average Bonchev–Trinajstić information content (AvgIpc) is 2.97. The number of carbonyl (C=O) groups is 4. The summed E-state index contributed by atoms with van der Waals surface area (Å²) in [5.41, 5.74) is 1.64. The summed E-state index contributed by atoms with van der Waals surface area (Å²) in [7, 11) is 0. The third-order valence-electron chi connectivity index (χ3n) is 5.29. The lowest BCUT2D eigenvalue weighted by molar-refractivity contribution is -0.144. The van der Waals surface area contributed by atoms with Gasteiger partial charge in [0.25, 0.3) is 0 Å². The summed E-state index contributed by atoms with van der Waals surface area (Å²) in [5, 5.41) is 4.88. The maximum atomic E-state index is 12.6. The molecule has 1 atom stereocenters. The molecular formula is C24H21N3O4. The summed E-state index contributed by atoms with van der Waals surface area (Å²) in [5.74, 6) is -2.44. The first kappa shape index (κ1) is 20.3. The standard InChI is InChI=1S/C24H21N3O4/c1-16(19-13-7-11-18-10-5-6-12-20(18)19)25-21(28)15-27-23(30)22(29)26(24(27)31)14-17-8-3-2-4-9-17/h2-13,16H,14-15H2,1H3,(H,25,28)/t16-/m1/s1. The van der Waals surface area contributed by atoms with E-state index in [1.165, 1.54) is 0 Å². The number of nitrogens with one attached hydrogen (secondary N) is 1. The van der Waals surface area contributed by atoms with Crippen molar-refractivity contribution in [1.82, 2.24) is 15.1 Å². The summed E-state index contributed by atoms with van der Waals surface area (Å²) >= 11 is 0. The second-order valence-corrected chi connectivity index (χ2v) is 7.41. The van der Waals surface area contributed by atoms with Crippen LogP contribution in [0.15, 0.2) is 72.8 Å². The second-order valence-electron chi connectivity index (χ2n) is 7.41. The number of urea groups is 1. The van der Waals surface area contributed by atoms with Crippen LogP contribution >= 0.6 is 0 Å². The number of carbonyl (C=O) groups excluding carboxylic acids is 4. The van der Waals surface area contributed by atoms with Crippen LogP contribution < -0.4 is 5.32 Å². The Kier molecular flexibility index (Phi) is 5.49. The Hall–Kier alpha value is -4.00. The molecule has 0 aliphatic carbocycles. The van der Waals surface area contributed by atoms with Crippen LogP contribution in [0.2, 0.25) is 0 Å². The SMILES string of the molecule is C[C@@H](NC(=O)CN1C(=O)C(=O)N(Cc2ccccc2)C1=O)c1cccc2ccccc12. The minimum absolute atomic E-state index is 0.0191. The van der Waals surface area contributed by atoms with Gasteiger partial charge in [-0.2, -0.15) is 0 Å². The molecule has 0 saturated carbocycles. The Morgan fingerprint density at radius 1 is 0.839 bits per heavy atom. The first-order valence-corrected chi connectivity index (χ1v) is 9.94. The summed E-state index contributed by atoms with van der Waals surface area (Å²) in [6, 6.07) is 21.4. The molecule has 1 heterocycles. The minimum Gasteiger partial charge on any atom is -0.348 e. The van der Waals surface area contributed by atoms with Gasteiger partial charge in [-0.05, 0) is 28.8 Å². The summed E-state index contributed by atoms with van der Waals surface area (Å²) in [6.07, 6.45) is 0. The smallest absolute Gasteiger partial charge is 0.335 e. The fourth-order valence-corrected chi connectivity index (χ4v) is 3.73. The monoisotopic (exact) mass is 415 g/mol. The molecule has 156 valence electrons. The van der Waals surface area contributed by atoms with Gasteiger partial charge in [-0.25, -0.2) is 9.69 Å². The van der Waals surface area contributed by atoms with E-state index < -0.39 is 30.3 Å². The van der Waals surface area contributed by atoms with Crippen LogP contribution in [0.4, 0.5) is 4.79 Å². The maximum absolute atomic E-state index is 12.6. The van der Waals surface area contributed by atoms with Crippen molar-refractivity contribution in [2.24, 2.45) is 0 Å². The first-order chi connectivity index (χ1) is 15.0. The van der Waals surface area contributed by atoms with E-state index in [0.717, 1.165) is 21.2 Å². The number of hydrogen-bond acceptors (Lipinski definition) is 4. The maximum Gasteiger partial charge on any atom is 0.335 e. The largest absolute Gasteiger partial charge is 0.348 e. The van der Waals surface area contributed by atoms with Crippen LogP contribution in [0, 0.1) is 0 Å². The third kappa shape index (κ3) is 4.02. The Balaban J connectivity index is 1.45. The Labute approximate surface area is 179 Å². The quantitative estimate of drug-likeness (QED) is 0.495. The van der Waals surface area contributed by atoms with E-state index in [1.54, 1.807) is 24.3 Å². The van der Waals surface area contributed by atoms with E-state index in [4.69, 9.17) is 0 Å². The van der Waals surface area contributed by atoms with Crippen molar-refractivity contribution in [2.75, 3.05) is 6.54 Å². The molecule has 0 spiro atoms. The molecule has 31 heavy (non-hydrogen) atoms. The second kappa shape index (κ2) is 8.39. The lowest BCUT2D eigenvalue weighted by Crippen LogP contribution is -2.42. The van der Waals surface area contributed by atoms with E-state index in [9.17, 15) is 19.2 Å². The third-order valence-corrected chi connectivity index (χ3v) is 5.29. The van der Waals surface area contributed by atoms with Gasteiger partial charge in [0.1, 0.15) is 6.54 Å². The molecule has 1 saturated heterocycles. The molecule has 0 bridgehead atoms. The van der Waals surface area contributed by atoms with Crippen LogP contribution in [-0.4, -0.2) is 40.1 Å². The highest BCUT2D eigenvalue weighted by Crippen LogP contribution is 2.24. The topological polar surface area (TPSA) is 86.8 Å². The van der Waals surface area contributed by atoms with Gasteiger partial charge in [0.05, 0.1) is 12.6 Å². The Morgan fingerprint density at radius 3 is 2.26 bits per heavy atom. The number of imide groups is 2. The lowest BCUT2D eigenvalue weighted by atomic mass is 10.00. The highest BCUT2D eigenvalue weighted by atomic mass is 16.2. The van der Waals surface area contributed by atoms with Crippen LogP contribution in [0.3, 0.4) is 0 Å². The van der Waals surface area contributed by atoms with Crippen molar-refractivity contribution < 1.29 is 19.2 Å².